The first-order chi connectivity index (χ1) is 8.09. The Labute approximate surface area is 164 Å². The van der Waals surface area contributed by atoms with Gasteiger partial charge in [-0.05, 0) is 0 Å². The molecular weight excluding hydrogens is 374 g/mol. The van der Waals surface area contributed by atoms with Crippen LogP contribution in [0.1, 0.15) is 27.2 Å². The molecule has 0 bridgehead atoms. The van der Waals surface area contributed by atoms with Gasteiger partial charge in [0, 0.05) is 8.07 Å². The van der Waals surface area contributed by atoms with Crippen molar-refractivity contribution < 1.29 is 58.9 Å². The van der Waals surface area contributed by atoms with Crippen LogP contribution >= 0.6 is 0 Å². The molecule has 21 heavy (non-hydrogen) atoms. The minimum Gasteiger partial charge on any atom is -1.00 e. The normalized spacial score (nSPS) is 15.5. The molecule has 0 saturated carbocycles. The molecule has 0 heterocycles. The van der Waals surface area contributed by atoms with E-state index in [9.17, 15) is 0 Å². The maximum absolute atomic E-state index is 3.51. The third-order valence-electron chi connectivity index (χ3n) is 4.09. The van der Waals surface area contributed by atoms with E-state index in [1.165, 1.54) is 11.6 Å². The van der Waals surface area contributed by atoms with E-state index in [4.69, 9.17) is 0 Å². The van der Waals surface area contributed by atoms with Crippen molar-refractivity contribution in [1.82, 2.24) is 0 Å². The molecule has 1 aromatic carbocycles. The van der Waals surface area contributed by atoms with E-state index in [1.807, 2.05) is 0 Å². The average molecular weight is 396 g/mol. The van der Waals surface area contributed by atoms with Crippen molar-refractivity contribution in [2.45, 2.75) is 39.8 Å². The van der Waals surface area contributed by atoms with Crippen molar-refractivity contribution in [1.29, 1.82) is 0 Å². The smallest absolute Gasteiger partial charge is 1.00 e. The Balaban J connectivity index is -0.000000810. The van der Waals surface area contributed by atoms with Crippen LogP contribution in [0.15, 0.2) is 46.7 Å². The van der Waals surface area contributed by atoms with E-state index in [0.29, 0.717) is 0 Å². The summed E-state index contributed by atoms with van der Waals surface area (Å²) in [6, 6.07) is 12.3. The topological polar surface area (TPSA) is 0 Å². The molecule has 1 aliphatic carbocycles. The summed E-state index contributed by atoms with van der Waals surface area (Å²) in [5.74, 6) is 0. The number of allylic oxidation sites excluding steroid dienone is 4. The Morgan fingerprint density at radius 1 is 1.05 bits per heavy atom. The first kappa shape index (κ1) is 26.4. The summed E-state index contributed by atoms with van der Waals surface area (Å²) in [6.45, 7) is 9.35. The summed E-state index contributed by atoms with van der Waals surface area (Å²) in [4.78, 5) is 0. The number of hydrogen-bond donors (Lipinski definition) is 0. The Kier molecular flexibility index (Phi) is 14.0. The van der Waals surface area contributed by atoms with Gasteiger partial charge in [0.25, 0.3) is 0 Å². The first-order valence-corrected chi connectivity index (χ1v) is 9.14. The summed E-state index contributed by atoms with van der Waals surface area (Å²) < 4.78 is 0. The molecule has 0 fully saturated rings. The fraction of sp³-hybridized carbons (Fsp3) is 0.375. The molecule has 0 aliphatic heterocycles. The molecule has 1 atom stereocenters. The number of halogens is 3. The van der Waals surface area contributed by atoms with E-state index >= 15 is 0 Å². The van der Waals surface area contributed by atoms with Gasteiger partial charge in [-0.3, -0.25) is 6.08 Å². The zero-order valence-corrected chi connectivity index (χ0v) is 17.8. The molecule has 0 aromatic heterocycles. The summed E-state index contributed by atoms with van der Waals surface area (Å²) in [7, 11) is -1.51. The Hall–Kier alpha value is 0.501. The largest absolute Gasteiger partial charge is 4.00 e. The van der Waals surface area contributed by atoms with Crippen LogP contribution in [0.4, 0.5) is 0 Å². The third-order valence-corrected chi connectivity index (χ3v) is 9.02. The van der Waals surface area contributed by atoms with Crippen LogP contribution in [0, 0.1) is 6.08 Å². The van der Waals surface area contributed by atoms with Gasteiger partial charge < -0.3 is 37.2 Å². The maximum atomic E-state index is 3.51. The fourth-order valence-electron chi connectivity index (χ4n) is 2.98. The van der Waals surface area contributed by atoms with E-state index in [1.54, 1.807) is 16.0 Å². The predicted octanol–water partition coefficient (Wildman–Crippen LogP) is -4.99. The number of benzene rings is 1. The van der Waals surface area contributed by atoms with Gasteiger partial charge in [-0.25, -0.2) is 5.57 Å². The third kappa shape index (κ3) is 5.27. The Morgan fingerprint density at radius 3 is 1.95 bits per heavy atom. The summed E-state index contributed by atoms with van der Waals surface area (Å²) in [6.07, 6.45) is 4.54. The van der Waals surface area contributed by atoms with Crippen LogP contribution in [0.2, 0.25) is 12.6 Å². The van der Waals surface area contributed by atoms with Crippen LogP contribution in [-0.4, -0.2) is 8.07 Å². The molecule has 0 amide bonds. The zero-order chi connectivity index (χ0) is 12.5. The predicted molar refractivity (Wildman–Crippen MR) is 77.9 cm³/mol. The van der Waals surface area contributed by atoms with Gasteiger partial charge in [-0.1, -0.05) is 68.9 Å². The minimum absolute atomic E-state index is 0. The molecule has 0 N–H and O–H groups in total. The second kappa shape index (κ2) is 11.1. The Morgan fingerprint density at radius 2 is 1.57 bits per heavy atom. The number of hydrogen-bond acceptors (Lipinski definition) is 0. The standard InChI is InChI=1S/C16H21Si.3ClH.Ti/c1-5-17(4,15-9-7-6-8-10-15)16-13(2)11-12-14(16)3;;;;/h6-10H,5,11H2,1-4H3;3*1H;/q-1;;;;+4/p-3. The molecule has 1 aliphatic rings. The van der Waals surface area contributed by atoms with Gasteiger partial charge >= 0.3 is 21.7 Å². The first-order valence-electron chi connectivity index (χ1n) is 6.43. The second-order valence-electron chi connectivity index (χ2n) is 5.19. The van der Waals surface area contributed by atoms with E-state index in [0.717, 1.165) is 6.42 Å². The maximum Gasteiger partial charge on any atom is 4.00 e. The average Bonchev–Trinajstić information content (AvgIpc) is 2.70. The summed E-state index contributed by atoms with van der Waals surface area (Å²) in [5.41, 5.74) is 2.95. The summed E-state index contributed by atoms with van der Waals surface area (Å²) >= 11 is 0. The van der Waals surface area contributed by atoms with Gasteiger partial charge in [0.2, 0.25) is 0 Å². The van der Waals surface area contributed by atoms with Gasteiger partial charge in [-0.2, -0.15) is 10.8 Å². The van der Waals surface area contributed by atoms with Gasteiger partial charge in [-0.15, -0.1) is 6.42 Å². The van der Waals surface area contributed by atoms with Gasteiger partial charge in [0.15, 0.2) is 0 Å². The van der Waals surface area contributed by atoms with Crippen molar-refractivity contribution in [3.8, 4) is 0 Å². The monoisotopic (exact) mass is 394 g/mol. The zero-order valence-electron chi connectivity index (χ0n) is 12.9. The van der Waals surface area contributed by atoms with E-state index in [-0.39, 0.29) is 58.9 Å². The quantitative estimate of drug-likeness (QED) is 0.355. The van der Waals surface area contributed by atoms with E-state index in [2.05, 4.69) is 63.7 Å². The van der Waals surface area contributed by atoms with Crippen LogP contribution < -0.4 is 42.4 Å². The van der Waals surface area contributed by atoms with Crippen LogP contribution in [0.3, 0.4) is 0 Å². The molecule has 2 rings (SSSR count). The molecule has 0 radical (unpaired) electrons. The molecular formula is C16H21Cl3SiTi. The molecule has 1 aromatic rings. The SMILES string of the molecule is CC[Si](C)(C1=C(C)C[C-]=C1C)c1ccccc1.[Cl-].[Cl-].[Cl-].[Ti+4]. The van der Waals surface area contributed by atoms with Crippen molar-refractivity contribution in [2.24, 2.45) is 0 Å². The van der Waals surface area contributed by atoms with Crippen molar-refractivity contribution in [3.63, 3.8) is 0 Å². The van der Waals surface area contributed by atoms with Crippen LogP contribution in [-0.2, 0) is 21.7 Å². The molecule has 1 unspecified atom stereocenters. The molecule has 5 heteroatoms. The summed E-state index contributed by atoms with van der Waals surface area (Å²) in [5, 5.41) is 3.20. The molecule has 114 valence electrons. The Bertz CT molecular complexity index is 486. The number of rotatable bonds is 3. The van der Waals surface area contributed by atoms with Crippen molar-refractivity contribution in [2.75, 3.05) is 0 Å². The second-order valence-corrected chi connectivity index (χ2v) is 9.63. The van der Waals surface area contributed by atoms with Gasteiger partial charge in [0.05, 0.1) is 0 Å². The van der Waals surface area contributed by atoms with Crippen molar-refractivity contribution >= 4 is 13.3 Å². The van der Waals surface area contributed by atoms with Crippen LogP contribution in [0.5, 0.6) is 0 Å². The molecule has 0 spiro atoms. The molecule has 0 saturated heterocycles. The molecule has 0 nitrogen and oxygen atoms in total. The van der Waals surface area contributed by atoms with Crippen molar-refractivity contribution in [3.05, 3.63) is 52.8 Å². The van der Waals surface area contributed by atoms with Crippen LogP contribution in [0.25, 0.3) is 0 Å². The fourth-order valence-corrected chi connectivity index (χ4v) is 6.90. The minimum atomic E-state index is -1.51. The van der Waals surface area contributed by atoms with Gasteiger partial charge in [0.1, 0.15) is 0 Å². The van der Waals surface area contributed by atoms with E-state index < -0.39 is 8.07 Å².